The van der Waals surface area contributed by atoms with Crippen LogP contribution in [0.5, 0.6) is 0 Å². The molecule has 4 rings (SSSR count). The molecule has 3 aromatic rings. The predicted octanol–water partition coefficient (Wildman–Crippen LogP) is 5.44. The van der Waals surface area contributed by atoms with E-state index in [9.17, 15) is 9.59 Å². The minimum absolute atomic E-state index is 0.0256. The van der Waals surface area contributed by atoms with Crippen LogP contribution in [0.25, 0.3) is 0 Å². The molecule has 0 amide bonds. The molecule has 1 saturated heterocycles. The number of rotatable bonds is 5. The topological polar surface area (TPSA) is 61.8 Å². The van der Waals surface area contributed by atoms with Gasteiger partial charge in [0.15, 0.2) is 6.10 Å². The molecular formula is C27H26O5. The molecule has 5 atom stereocenters. The van der Waals surface area contributed by atoms with Crippen LogP contribution in [0.15, 0.2) is 91.0 Å². The highest BCUT2D eigenvalue weighted by Gasteiger charge is 2.46. The number of ether oxygens (including phenoxy) is 3. The van der Waals surface area contributed by atoms with E-state index in [2.05, 4.69) is 6.92 Å². The van der Waals surface area contributed by atoms with Crippen molar-refractivity contribution in [2.45, 2.75) is 32.3 Å². The van der Waals surface area contributed by atoms with E-state index in [1.54, 1.807) is 48.5 Å². The van der Waals surface area contributed by atoms with E-state index in [0.717, 1.165) is 5.56 Å². The standard InChI is InChI=1S/C27H26O5/c1-18-19(2)24(30-25(28)21-14-8-4-9-15-21)27(31-23(18)20-12-6-3-7-13-20)32-26(29)22-16-10-5-11-17-22/h3-19,23-24,27H,1-2H3/t18-,19-,23-,24-,27?/m1/s1. The molecule has 0 N–H and O–H groups in total. The lowest BCUT2D eigenvalue weighted by atomic mass is 9.81. The summed E-state index contributed by atoms with van der Waals surface area (Å²) in [4.78, 5) is 25.6. The average Bonchev–Trinajstić information content (AvgIpc) is 2.85. The number of carbonyl (C=O) groups is 2. The van der Waals surface area contributed by atoms with Crippen LogP contribution in [-0.2, 0) is 14.2 Å². The monoisotopic (exact) mass is 430 g/mol. The molecule has 164 valence electrons. The highest BCUT2D eigenvalue weighted by Crippen LogP contribution is 2.41. The summed E-state index contributed by atoms with van der Waals surface area (Å²) in [5.74, 6) is -1.09. The zero-order valence-electron chi connectivity index (χ0n) is 18.1. The summed E-state index contributed by atoms with van der Waals surface area (Å²) in [6, 6.07) is 27.3. The number of hydrogen-bond donors (Lipinski definition) is 0. The highest BCUT2D eigenvalue weighted by atomic mass is 16.7. The minimum Gasteiger partial charge on any atom is -0.452 e. The zero-order valence-corrected chi connectivity index (χ0v) is 18.1. The van der Waals surface area contributed by atoms with Crippen LogP contribution >= 0.6 is 0 Å². The molecule has 3 aromatic carbocycles. The lowest BCUT2D eigenvalue weighted by Crippen LogP contribution is -2.50. The molecule has 32 heavy (non-hydrogen) atoms. The molecule has 5 heteroatoms. The second kappa shape index (κ2) is 9.79. The molecule has 1 heterocycles. The molecule has 0 radical (unpaired) electrons. The molecule has 0 spiro atoms. The van der Waals surface area contributed by atoms with Gasteiger partial charge in [-0.3, -0.25) is 0 Å². The molecular weight excluding hydrogens is 404 g/mol. The Balaban J connectivity index is 1.61. The van der Waals surface area contributed by atoms with Crippen LogP contribution < -0.4 is 0 Å². The molecule has 0 aliphatic carbocycles. The Morgan fingerprint density at radius 2 is 1.12 bits per heavy atom. The van der Waals surface area contributed by atoms with E-state index < -0.39 is 24.3 Å². The maximum atomic E-state index is 12.8. The van der Waals surface area contributed by atoms with Gasteiger partial charge < -0.3 is 14.2 Å². The van der Waals surface area contributed by atoms with Gasteiger partial charge >= 0.3 is 11.9 Å². The summed E-state index contributed by atoms with van der Waals surface area (Å²) >= 11 is 0. The molecule has 0 bridgehead atoms. The zero-order chi connectivity index (χ0) is 22.5. The van der Waals surface area contributed by atoms with Crippen molar-refractivity contribution in [1.29, 1.82) is 0 Å². The van der Waals surface area contributed by atoms with Gasteiger partial charge in [-0.15, -0.1) is 0 Å². The van der Waals surface area contributed by atoms with Crippen LogP contribution in [0, 0.1) is 11.8 Å². The van der Waals surface area contributed by atoms with Gasteiger partial charge in [0.25, 0.3) is 0 Å². The second-order valence-electron chi connectivity index (χ2n) is 8.06. The van der Waals surface area contributed by atoms with E-state index in [0.29, 0.717) is 11.1 Å². The lowest BCUT2D eigenvalue weighted by Gasteiger charge is -2.43. The van der Waals surface area contributed by atoms with Gasteiger partial charge in [-0.25, -0.2) is 9.59 Å². The Kier molecular flexibility index (Phi) is 6.66. The Morgan fingerprint density at radius 1 is 0.656 bits per heavy atom. The van der Waals surface area contributed by atoms with Crippen molar-refractivity contribution in [3.8, 4) is 0 Å². The van der Waals surface area contributed by atoms with Crippen LogP contribution in [0.4, 0.5) is 0 Å². The summed E-state index contributed by atoms with van der Waals surface area (Å²) < 4.78 is 17.9. The Labute approximate surface area is 187 Å². The number of benzene rings is 3. The van der Waals surface area contributed by atoms with Crippen molar-refractivity contribution in [3.63, 3.8) is 0 Å². The smallest absolute Gasteiger partial charge is 0.340 e. The maximum Gasteiger partial charge on any atom is 0.340 e. The van der Waals surface area contributed by atoms with E-state index in [-0.39, 0.29) is 17.9 Å². The maximum absolute atomic E-state index is 12.8. The highest BCUT2D eigenvalue weighted by molar-refractivity contribution is 5.90. The summed E-state index contributed by atoms with van der Waals surface area (Å²) in [7, 11) is 0. The largest absolute Gasteiger partial charge is 0.452 e. The molecule has 1 aliphatic heterocycles. The van der Waals surface area contributed by atoms with Crippen molar-refractivity contribution in [3.05, 3.63) is 108 Å². The van der Waals surface area contributed by atoms with Crippen LogP contribution in [0.2, 0.25) is 0 Å². The van der Waals surface area contributed by atoms with Gasteiger partial charge in [-0.2, -0.15) is 0 Å². The van der Waals surface area contributed by atoms with Crippen LogP contribution in [0.3, 0.4) is 0 Å². The third-order valence-electron chi connectivity index (χ3n) is 5.99. The first kappa shape index (κ1) is 21.8. The quantitative estimate of drug-likeness (QED) is 0.505. The van der Waals surface area contributed by atoms with E-state index in [1.807, 2.05) is 49.4 Å². The molecule has 1 aliphatic rings. The third-order valence-corrected chi connectivity index (χ3v) is 5.99. The summed E-state index contributed by atoms with van der Waals surface area (Å²) in [5, 5.41) is 0. The predicted molar refractivity (Wildman–Crippen MR) is 120 cm³/mol. The van der Waals surface area contributed by atoms with Crippen molar-refractivity contribution in [1.82, 2.24) is 0 Å². The van der Waals surface area contributed by atoms with Gasteiger partial charge in [0.2, 0.25) is 6.29 Å². The molecule has 0 aromatic heterocycles. The normalized spacial score (nSPS) is 25.0. The number of carbonyl (C=O) groups excluding carboxylic acids is 2. The lowest BCUT2D eigenvalue weighted by molar-refractivity contribution is -0.251. The molecule has 1 unspecified atom stereocenters. The fourth-order valence-electron chi connectivity index (χ4n) is 3.96. The Hall–Kier alpha value is -3.44. The first-order valence-corrected chi connectivity index (χ1v) is 10.8. The van der Waals surface area contributed by atoms with Gasteiger partial charge in [0.05, 0.1) is 17.2 Å². The van der Waals surface area contributed by atoms with Crippen molar-refractivity contribution >= 4 is 11.9 Å². The minimum atomic E-state index is -1.04. The van der Waals surface area contributed by atoms with Crippen LogP contribution in [-0.4, -0.2) is 24.3 Å². The van der Waals surface area contributed by atoms with Gasteiger partial charge in [-0.05, 0) is 35.7 Å². The Morgan fingerprint density at radius 3 is 1.66 bits per heavy atom. The first-order valence-electron chi connectivity index (χ1n) is 10.8. The third kappa shape index (κ3) is 4.73. The fourth-order valence-corrected chi connectivity index (χ4v) is 3.96. The fraction of sp³-hybridized carbons (Fsp3) is 0.259. The summed E-state index contributed by atoms with van der Waals surface area (Å²) in [6.07, 6.45) is -2.08. The van der Waals surface area contributed by atoms with E-state index >= 15 is 0 Å². The van der Waals surface area contributed by atoms with E-state index in [4.69, 9.17) is 14.2 Å². The second-order valence-corrected chi connectivity index (χ2v) is 8.06. The SMILES string of the molecule is C[C@@H]1[C@@H](C)[C@@H](OC(=O)c2ccccc2)C(OC(=O)c2ccccc2)O[C@H]1c1ccccc1. The van der Waals surface area contributed by atoms with Gasteiger partial charge in [0.1, 0.15) is 0 Å². The van der Waals surface area contributed by atoms with Gasteiger partial charge in [-0.1, -0.05) is 80.6 Å². The van der Waals surface area contributed by atoms with Crippen molar-refractivity contribution < 1.29 is 23.8 Å². The first-order chi connectivity index (χ1) is 15.5. The Bertz CT molecular complexity index is 1040. The molecule has 1 fully saturated rings. The summed E-state index contributed by atoms with van der Waals surface area (Å²) in [6.45, 7) is 4.05. The van der Waals surface area contributed by atoms with Crippen LogP contribution in [0.1, 0.15) is 46.2 Å². The summed E-state index contributed by atoms with van der Waals surface area (Å²) in [5.41, 5.74) is 1.83. The van der Waals surface area contributed by atoms with Crippen molar-refractivity contribution in [2.75, 3.05) is 0 Å². The van der Waals surface area contributed by atoms with Crippen molar-refractivity contribution in [2.24, 2.45) is 11.8 Å². The van der Waals surface area contributed by atoms with E-state index in [1.165, 1.54) is 0 Å². The molecule has 0 saturated carbocycles. The molecule has 5 nitrogen and oxygen atoms in total. The average molecular weight is 431 g/mol. The van der Waals surface area contributed by atoms with Gasteiger partial charge in [0, 0.05) is 5.92 Å². The number of esters is 2. The number of hydrogen-bond acceptors (Lipinski definition) is 5.